The minimum Gasteiger partial charge on any atom is -0.468 e. The highest BCUT2D eigenvalue weighted by Gasteiger charge is 2.42. The van der Waals surface area contributed by atoms with Gasteiger partial charge in [-0.15, -0.1) is 11.3 Å². The fraction of sp³-hybridized carbons (Fsp3) is 0.667. The molecule has 1 aromatic rings. The standard InChI is InChI=1S/C15H23NO2S/c1-3-12-6-8-15(9-7-12,14(17)18-2)16-11-13-5-4-10-19-13/h4-5,10,12,16H,3,6-9,11H2,1-2H3. The van der Waals surface area contributed by atoms with E-state index in [1.165, 1.54) is 18.4 Å². The average Bonchev–Trinajstić information content (AvgIpc) is 2.98. The van der Waals surface area contributed by atoms with Gasteiger partial charge in [0.15, 0.2) is 0 Å². The Hall–Kier alpha value is -0.870. The lowest BCUT2D eigenvalue weighted by atomic mass is 9.75. The number of ether oxygens (including phenoxy) is 1. The highest BCUT2D eigenvalue weighted by Crippen LogP contribution is 2.35. The maximum Gasteiger partial charge on any atom is 0.326 e. The first kappa shape index (κ1) is 14.5. The van der Waals surface area contributed by atoms with E-state index < -0.39 is 5.54 Å². The van der Waals surface area contributed by atoms with Gasteiger partial charge in [-0.25, -0.2) is 0 Å². The molecule has 3 nitrogen and oxygen atoms in total. The van der Waals surface area contributed by atoms with E-state index in [0.717, 1.165) is 38.1 Å². The average molecular weight is 281 g/mol. The second kappa shape index (κ2) is 6.53. The van der Waals surface area contributed by atoms with E-state index >= 15 is 0 Å². The highest BCUT2D eigenvalue weighted by molar-refractivity contribution is 7.09. The quantitative estimate of drug-likeness (QED) is 0.841. The molecule has 0 unspecified atom stereocenters. The van der Waals surface area contributed by atoms with Crippen molar-refractivity contribution in [2.45, 2.75) is 51.1 Å². The highest BCUT2D eigenvalue weighted by atomic mass is 32.1. The summed E-state index contributed by atoms with van der Waals surface area (Å²) in [5, 5.41) is 5.53. The number of hydrogen-bond donors (Lipinski definition) is 1. The molecular weight excluding hydrogens is 258 g/mol. The van der Waals surface area contributed by atoms with Crippen LogP contribution >= 0.6 is 11.3 Å². The second-order valence-corrected chi connectivity index (χ2v) is 6.39. The first-order chi connectivity index (χ1) is 9.20. The zero-order valence-corrected chi connectivity index (χ0v) is 12.6. The SMILES string of the molecule is CCC1CCC(NCc2cccs2)(C(=O)OC)CC1. The van der Waals surface area contributed by atoms with E-state index in [1.807, 2.05) is 6.07 Å². The molecule has 0 aliphatic heterocycles. The van der Waals surface area contributed by atoms with Gasteiger partial charge in [0, 0.05) is 11.4 Å². The summed E-state index contributed by atoms with van der Waals surface area (Å²) in [4.78, 5) is 13.4. The van der Waals surface area contributed by atoms with Crippen LogP contribution in [0.3, 0.4) is 0 Å². The summed E-state index contributed by atoms with van der Waals surface area (Å²) in [5.74, 6) is 0.667. The molecule has 0 radical (unpaired) electrons. The van der Waals surface area contributed by atoms with Gasteiger partial charge in [0.05, 0.1) is 7.11 Å². The van der Waals surface area contributed by atoms with Crippen molar-refractivity contribution in [2.24, 2.45) is 5.92 Å². The third-order valence-corrected chi connectivity index (χ3v) is 5.17. The molecule has 4 heteroatoms. The van der Waals surface area contributed by atoms with Crippen LogP contribution < -0.4 is 5.32 Å². The number of rotatable bonds is 5. The number of thiophene rings is 1. The number of methoxy groups -OCH3 is 1. The summed E-state index contributed by atoms with van der Waals surface area (Å²) in [5.41, 5.74) is -0.468. The van der Waals surface area contributed by atoms with Crippen LogP contribution in [0.1, 0.15) is 43.9 Å². The molecule has 0 atom stereocenters. The van der Waals surface area contributed by atoms with E-state index in [9.17, 15) is 4.79 Å². The Morgan fingerprint density at radius 1 is 1.53 bits per heavy atom. The summed E-state index contributed by atoms with van der Waals surface area (Å²) >= 11 is 1.72. The maximum absolute atomic E-state index is 12.2. The maximum atomic E-state index is 12.2. The van der Waals surface area contributed by atoms with Crippen molar-refractivity contribution >= 4 is 17.3 Å². The molecule has 0 saturated heterocycles. The zero-order valence-electron chi connectivity index (χ0n) is 11.8. The summed E-state index contributed by atoms with van der Waals surface area (Å²) in [7, 11) is 1.49. The molecular formula is C15H23NO2S. The van der Waals surface area contributed by atoms with Crippen molar-refractivity contribution in [2.75, 3.05) is 7.11 Å². The van der Waals surface area contributed by atoms with Crippen molar-refractivity contribution in [1.29, 1.82) is 0 Å². The second-order valence-electron chi connectivity index (χ2n) is 5.36. The molecule has 1 heterocycles. The third-order valence-electron chi connectivity index (χ3n) is 4.29. The topological polar surface area (TPSA) is 38.3 Å². The van der Waals surface area contributed by atoms with E-state index in [4.69, 9.17) is 4.74 Å². The molecule has 1 aromatic heterocycles. The predicted octanol–water partition coefficient (Wildman–Crippen LogP) is 3.35. The minimum absolute atomic E-state index is 0.0985. The van der Waals surface area contributed by atoms with Crippen LogP contribution in [-0.4, -0.2) is 18.6 Å². The summed E-state index contributed by atoms with van der Waals surface area (Å²) in [6.07, 6.45) is 5.22. The lowest BCUT2D eigenvalue weighted by Crippen LogP contribution is -2.54. The molecule has 0 aromatic carbocycles. The first-order valence-corrected chi connectivity index (χ1v) is 7.94. The van der Waals surface area contributed by atoms with Crippen molar-refractivity contribution in [1.82, 2.24) is 5.32 Å². The van der Waals surface area contributed by atoms with Gasteiger partial charge < -0.3 is 4.74 Å². The molecule has 0 spiro atoms. The van der Waals surface area contributed by atoms with Crippen LogP contribution in [0, 0.1) is 5.92 Å². The van der Waals surface area contributed by atoms with Crippen molar-refractivity contribution in [3.63, 3.8) is 0 Å². The smallest absolute Gasteiger partial charge is 0.326 e. The molecule has 0 bridgehead atoms. The molecule has 19 heavy (non-hydrogen) atoms. The van der Waals surface area contributed by atoms with Gasteiger partial charge in [0.1, 0.15) is 5.54 Å². The molecule has 1 aliphatic rings. The van der Waals surface area contributed by atoms with E-state index in [-0.39, 0.29) is 5.97 Å². The Morgan fingerprint density at radius 3 is 2.79 bits per heavy atom. The monoisotopic (exact) mass is 281 g/mol. The lowest BCUT2D eigenvalue weighted by molar-refractivity contribution is -0.150. The van der Waals surface area contributed by atoms with E-state index in [0.29, 0.717) is 0 Å². The summed E-state index contributed by atoms with van der Waals surface area (Å²) < 4.78 is 5.03. The van der Waals surface area contributed by atoms with E-state index in [1.54, 1.807) is 11.3 Å². The van der Waals surface area contributed by atoms with Gasteiger partial charge in [-0.3, -0.25) is 10.1 Å². The van der Waals surface area contributed by atoms with Crippen LogP contribution in [0.4, 0.5) is 0 Å². The molecule has 106 valence electrons. The normalized spacial score (nSPS) is 27.2. The van der Waals surface area contributed by atoms with Gasteiger partial charge in [0.2, 0.25) is 0 Å². The number of hydrogen-bond acceptors (Lipinski definition) is 4. The Morgan fingerprint density at radius 2 is 2.26 bits per heavy atom. The van der Waals surface area contributed by atoms with Gasteiger partial charge in [-0.1, -0.05) is 19.4 Å². The zero-order chi connectivity index (χ0) is 13.7. The number of carbonyl (C=O) groups excluding carboxylic acids is 1. The number of esters is 1. The van der Waals surface area contributed by atoms with Crippen LogP contribution in [-0.2, 0) is 16.1 Å². The summed E-state index contributed by atoms with van der Waals surface area (Å²) in [6.45, 7) is 2.98. The Bertz CT molecular complexity index is 394. The van der Waals surface area contributed by atoms with Gasteiger partial charge in [-0.2, -0.15) is 0 Å². The van der Waals surface area contributed by atoms with Crippen LogP contribution in [0.2, 0.25) is 0 Å². The van der Waals surface area contributed by atoms with Crippen LogP contribution in [0.25, 0.3) is 0 Å². The Labute approximate surface area is 119 Å². The van der Waals surface area contributed by atoms with Gasteiger partial charge in [0.25, 0.3) is 0 Å². The molecule has 1 aliphatic carbocycles. The van der Waals surface area contributed by atoms with E-state index in [2.05, 4.69) is 23.7 Å². The van der Waals surface area contributed by atoms with Crippen LogP contribution in [0.5, 0.6) is 0 Å². The van der Waals surface area contributed by atoms with Gasteiger partial charge in [-0.05, 0) is 43.0 Å². The summed E-state index contributed by atoms with van der Waals surface area (Å²) in [6, 6.07) is 4.14. The van der Waals surface area contributed by atoms with Gasteiger partial charge >= 0.3 is 5.97 Å². The minimum atomic E-state index is -0.468. The fourth-order valence-electron chi connectivity index (χ4n) is 2.90. The fourth-order valence-corrected chi connectivity index (χ4v) is 3.54. The number of carbonyl (C=O) groups is 1. The van der Waals surface area contributed by atoms with Crippen LogP contribution in [0.15, 0.2) is 17.5 Å². The van der Waals surface area contributed by atoms with Crippen molar-refractivity contribution in [3.8, 4) is 0 Å². The largest absolute Gasteiger partial charge is 0.468 e. The lowest BCUT2D eigenvalue weighted by Gasteiger charge is -2.38. The first-order valence-electron chi connectivity index (χ1n) is 7.06. The Kier molecular flexibility index (Phi) is 4.99. The molecule has 1 saturated carbocycles. The Balaban J connectivity index is 2.01. The third kappa shape index (κ3) is 3.37. The molecule has 1 fully saturated rings. The van der Waals surface area contributed by atoms with Crippen molar-refractivity contribution < 1.29 is 9.53 Å². The molecule has 0 amide bonds. The molecule has 1 N–H and O–H groups in total. The van der Waals surface area contributed by atoms with Crippen molar-refractivity contribution in [3.05, 3.63) is 22.4 Å². The number of nitrogens with one attached hydrogen (secondary N) is 1. The predicted molar refractivity (Wildman–Crippen MR) is 78.2 cm³/mol. The molecule has 2 rings (SSSR count).